The number of hydrogen-bond acceptors (Lipinski definition) is 10. The van der Waals surface area contributed by atoms with Crippen LogP contribution in [0.25, 0.3) is 68.3 Å². The Morgan fingerprint density at radius 2 is 0.660 bits per heavy atom. The topological polar surface area (TPSA) is 140 Å². The number of rotatable bonds is 9. The van der Waals surface area contributed by atoms with Gasteiger partial charge in [0.25, 0.3) is 0 Å². The van der Waals surface area contributed by atoms with E-state index in [0.29, 0.717) is 63.5 Å². The van der Waals surface area contributed by atoms with Crippen LogP contribution in [0.15, 0.2) is 103 Å². The third-order valence-electron chi connectivity index (χ3n) is 8.55. The lowest BCUT2D eigenvalue weighted by Crippen LogP contribution is -2.08. The smallest absolute Gasteiger partial charge is 0.164 e. The molecule has 0 spiro atoms. The first kappa shape index (κ1) is 34.8. The normalized spacial score (nSPS) is 11.3. The summed E-state index contributed by atoms with van der Waals surface area (Å²) in [5, 5.41) is 9.43. The van der Waals surface area contributed by atoms with Gasteiger partial charge in [0.15, 0.2) is 34.9 Å². The molecule has 4 aromatic carbocycles. The summed E-state index contributed by atoms with van der Waals surface area (Å²) in [6, 6.07) is 35.1. The summed E-state index contributed by atoms with van der Waals surface area (Å²) in [5.74, 6) is 5.43. The highest BCUT2D eigenvalue weighted by Crippen LogP contribution is 2.33. The molecule has 3 heterocycles. The van der Waals surface area contributed by atoms with Gasteiger partial charge in [-0.05, 0) is 42.5 Å². The van der Waals surface area contributed by atoms with Gasteiger partial charge < -0.3 is 0 Å². The van der Waals surface area contributed by atoms with Crippen molar-refractivity contribution < 1.29 is 0 Å². The van der Waals surface area contributed by atoms with E-state index in [-0.39, 0.29) is 17.8 Å². The van der Waals surface area contributed by atoms with E-state index in [1.54, 1.807) is 12.1 Å². The van der Waals surface area contributed by atoms with Gasteiger partial charge in [-0.2, -0.15) is 5.26 Å². The van der Waals surface area contributed by atoms with Crippen molar-refractivity contribution in [1.29, 1.82) is 5.26 Å². The van der Waals surface area contributed by atoms with Crippen LogP contribution in [-0.4, -0.2) is 44.9 Å². The average Bonchev–Trinajstić information content (AvgIpc) is 3.20. The minimum absolute atomic E-state index is 0.0551. The highest BCUT2D eigenvalue weighted by Gasteiger charge is 2.20. The Labute approximate surface area is 309 Å². The van der Waals surface area contributed by atoms with E-state index in [1.165, 1.54) is 0 Å². The predicted octanol–water partition coefficient (Wildman–Crippen LogP) is 9.49. The molecular weight excluding hydrogens is 657 g/mol. The first-order valence-electron chi connectivity index (χ1n) is 17.7. The van der Waals surface area contributed by atoms with Gasteiger partial charge in [0.1, 0.15) is 17.5 Å². The molecule has 0 radical (unpaired) electrons. The van der Waals surface area contributed by atoms with Crippen molar-refractivity contribution in [3.8, 4) is 74.4 Å². The molecule has 0 aliphatic rings. The molecule has 3 aromatic heterocycles. The van der Waals surface area contributed by atoms with Crippen LogP contribution in [0.2, 0.25) is 0 Å². The lowest BCUT2D eigenvalue weighted by Gasteiger charge is -2.15. The van der Waals surface area contributed by atoms with E-state index in [4.69, 9.17) is 44.9 Å². The zero-order valence-electron chi connectivity index (χ0n) is 30.5. The van der Waals surface area contributed by atoms with Crippen LogP contribution in [0.1, 0.15) is 82.3 Å². The molecule has 0 aliphatic carbocycles. The summed E-state index contributed by atoms with van der Waals surface area (Å²) >= 11 is 0. The second kappa shape index (κ2) is 14.9. The van der Waals surface area contributed by atoms with E-state index >= 15 is 0 Å². The van der Waals surface area contributed by atoms with Crippen LogP contribution in [-0.2, 0) is 0 Å². The summed E-state index contributed by atoms with van der Waals surface area (Å²) in [6.45, 7) is 12.5. The van der Waals surface area contributed by atoms with Crippen LogP contribution in [0.4, 0.5) is 0 Å². The standard InChI is InChI=1S/C43H38N10/c1-25(2)35-45-36(26(3)4)48-41(47-35)32-21-33(42-49-37(27(5)6)46-38(51-42)29-13-9-7-10-14-29)23-34(22-32)43-52-39(30-15-11-8-12-16-30)50-40(53-43)31-19-17-28(24-44)18-20-31/h7-23,25-27H,1-6H3. The van der Waals surface area contributed by atoms with Gasteiger partial charge >= 0.3 is 0 Å². The van der Waals surface area contributed by atoms with Gasteiger partial charge in [-0.15, -0.1) is 0 Å². The van der Waals surface area contributed by atoms with Crippen LogP contribution >= 0.6 is 0 Å². The molecular formula is C43H38N10. The van der Waals surface area contributed by atoms with Crippen molar-refractivity contribution in [1.82, 2.24) is 44.9 Å². The Morgan fingerprint density at radius 3 is 1.04 bits per heavy atom. The first-order valence-corrected chi connectivity index (χ1v) is 17.7. The van der Waals surface area contributed by atoms with Crippen LogP contribution < -0.4 is 0 Å². The molecule has 260 valence electrons. The molecule has 0 saturated heterocycles. The van der Waals surface area contributed by atoms with E-state index < -0.39 is 0 Å². The maximum absolute atomic E-state index is 9.43. The van der Waals surface area contributed by atoms with Crippen molar-refractivity contribution in [3.63, 3.8) is 0 Å². The number of aromatic nitrogens is 9. The number of benzene rings is 4. The van der Waals surface area contributed by atoms with Gasteiger partial charge in [-0.25, -0.2) is 44.9 Å². The molecule has 7 rings (SSSR count). The quantitative estimate of drug-likeness (QED) is 0.143. The summed E-state index contributed by atoms with van der Waals surface area (Å²) in [5.41, 5.74) is 5.24. The minimum Gasteiger partial charge on any atom is -0.217 e. The predicted molar refractivity (Wildman–Crippen MR) is 206 cm³/mol. The van der Waals surface area contributed by atoms with Crippen molar-refractivity contribution >= 4 is 0 Å². The SMILES string of the molecule is CC(C)c1nc(-c2ccccc2)nc(-c2cc(-c3nc(-c4ccccc4)nc(-c4ccc(C#N)cc4)n3)cc(-c3nc(C(C)C)nc(C(C)C)n3)c2)n1. The molecule has 0 bridgehead atoms. The summed E-state index contributed by atoms with van der Waals surface area (Å²) in [4.78, 5) is 44.5. The van der Waals surface area contributed by atoms with Gasteiger partial charge in [-0.1, -0.05) is 102 Å². The third kappa shape index (κ3) is 7.70. The summed E-state index contributed by atoms with van der Waals surface area (Å²) in [7, 11) is 0. The number of nitrogens with zero attached hydrogens (tertiary/aromatic N) is 10. The zero-order valence-corrected chi connectivity index (χ0v) is 30.5. The fourth-order valence-electron chi connectivity index (χ4n) is 5.61. The maximum Gasteiger partial charge on any atom is 0.164 e. The Balaban J connectivity index is 1.50. The highest BCUT2D eigenvalue weighted by molar-refractivity contribution is 5.77. The monoisotopic (exact) mass is 694 g/mol. The van der Waals surface area contributed by atoms with E-state index in [2.05, 4.69) is 47.6 Å². The fourth-order valence-corrected chi connectivity index (χ4v) is 5.61. The second-order valence-corrected chi connectivity index (χ2v) is 13.7. The molecule has 53 heavy (non-hydrogen) atoms. The van der Waals surface area contributed by atoms with Crippen molar-refractivity contribution in [2.45, 2.75) is 59.3 Å². The molecule has 0 aliphatic heterocycles. The molecule has 0 amide bonds. The average molecular weight is 695 g/mol. The van der Waals surface area contributed by atoms with Crippen LogP contribution in [0.5, 0.6) is 0 Å². The number of hydrogen-bond donors (Lipinski definition) is 0. The molecule has 10 heteroatoms. The Hall–Kier alpha value is -6.60. The minimum atomic E-state index is 0.0551. The highest BCUT2D eigenvalue weighted by atomic mass is 15.1. The van der Waals surface area contributed by atoms with Crippen molar-refractivity contribution in [3.05, 3.63) is 126 Å². The lowest BCUT2D eigenvalue weighted by atomic mass is 10.0. The van der Waals surface area contributed by atoms with Gasteiger partial charge in [0.2, 0.25) is 0 Å². The largest absolute Gasteiger partial charge is 0.217 e. The van der Waals surface area contributed by atoms with Crippen molar-refractivity contribution in [2.75, 3.05) is 0 Å². The number of nitriles is 1. The van der Waals surface area contributed by atoms with Gasteiger partial charge in [0.05, 0.1) is 11.6 Å². The Kier molecular flexibility index (Phi) is 9.82. The van der Waals surface area contributed by atoms with Crippen molar-refractivity contribution in [2.24, 2.45) is 0 Å². The zero-order chi connectivity index (χ0) is 37.1. The van der Waals surface area contributed by atoms with E-state index in [9.17, 15) is 5.26 Å². The van der Waals surface area contributed by atoms with E-state index in [0.717, 1.165) is 27.8 Å². The lowest BCUT2D eigenvalue weighted by molar-refractivity contribution is 0.697. The summed E-state index contributed by atoms with van der Waals surface area (Å²) in [6.07, 6.45) is 0. The molecule has 7 aromatic rings. The maximum atomic E-state index is 9.43. The fraction of sp³-hybridized carbons (Fsp3) is 0.209. The molecule has 0 atom stereocenters. The van der Waals surface area contributed by atoms with Gasteiger partial charge in [-0.3, -0.25) is 0 Å². The van der Waals surface area contributed by atoms with Crippen LogP contribution in [0.3, 0.4) is 0 Å². The van der Waals surface area contributed by atoms with Crippen LogP contribution in [0, 0.1) is 11.3 Å². The summed E-state index contributed by atoms with van der Waals surface area (Å²) < 4.78 is 0. The molecule has 0 saturated carbocycles. The Morgan fingerprint density at radius 1 is 0.358 bits per heavy atom. The second-order valence-electron chi connectivity index (χ2n) is 13.7. The molecule has 0 N–H and O–H groups in total. The van der Waals surface area contributed by atoms with E-state index in [1.807, 2.05) is 91.0 Å². The molecule has 0 unspecified atom stereocenters. The van der Waals surface area contributed by atoms with Gasteiger partial charge in [0, 0.05) is 51.1 Å². The first-order chi connectivity index (χ1) is 25.6. The molecule has 10 nitrogen and oxygen atoms in total. The third-order valence-corrected chi connectivity index (χ3v) is 8.55. The molecule has 0 fully saturated rings. The Bertz CT molecular complexity index is 2410.